The third-order valence-electron chi connectivity index (χ3n) is 11.9. The van der Waals surface area contributed by atoms with Crippen molar-refractivity contribution in [1.82, 2.24) is 0 Å². The van der Waals surface area contributed by atoms with Crippen molar-refractivity contribution in [2.75, 3.05) is 4.90 Å². The van der Waals surface area contributed by atoms with Gasteiger partial charge in [0.25, 0.3) is 0 Å². The normalized spacial score (nSPS) is 12.8. The Hall–Kier alpha value is -7.22. The monoisotopic (exact) mass is 711 g/mol. The van der Waals surface area contributed by atoms with Crippen LogP contribution in [0.4, 0.5) is 17.1 Å². The molecule has 1 heteroatoms. The van der Waals surface area contributed by atoms with Crippen LogP contribution in [-0.2, 0) is 5.41 Å². The van der Waals surface area contributed by atoms with Crippen molar-refractivity contribution in [2.24, 2.45) is 0 Å². The minimum Gasteiger partial charge on any atom is -0.310 e. The zero-order valence-corrected chi connectivity index (χ0v) is 30.8. The first-order chi connectivity index (χ1) is 27.8. The summed E-state index contributed by atoms with van der Waals surface area (Å²) in [6, 6.07) is 82.4. The summed E-state index contributed by atoms with van der Waals surface area (Å²) in [4.78, 5) is 2.44. The van der Waals surface area contributed by atoms with Crippen LogP contribution in [0.15, 0.2) is 224 Å². The molecule has 1 nitrogen and oxygen atoms in total. The second-order valence-electron chi connectivity index (χ2n) is 14.8. The van der Waals surface area contributed by atoms with Crippen molar-refractivity contribution in [3.8, 4) is 55.6 Å². The van der Waals surface area contributed by atoms with E-state index in [1.807, 2.05) is 0 Å². The summed E-state index contributed by atoms with van der Waals surface area (Å²) in [5, 5.41) is 0. The zero-order valence-electron chi connectivity index (χ0n) is 30.8. The average Bonchev–Trinajstić information content (AvgIpc) is 3.75. The lowest BCUT2D eigenvalue weighted by atomic mass is 9.70. The molecule has 0 bridgehead atoms. The van der Waals surface area contributed by atoms with Crippen LogP contribution in [0.3, 0.4) is 0 Å². The molecule has 9 aromatic carbocycles. The largest absolute Gasteiger partial charge is 0.310 e. The first-order valence-electron chi connectivity index (χ1n) is 19.4. The minimum atomic E-state index is -0.381. The molecule has 0 N–H and O–H groups in total. The second kappa shape index (κ2) is 13.0. The van der Waals surface area contributed by atoms with Gasteiger partial charge in [-0.2, -0.15) is 0 Å². The summed E-state index contributed by atoms with van der Waals surface area (Å²) in [6.45, 7) is 0. The maximum atomic E-state index is 2.44. The van der Waals surface area contributed by atoms with Crippen molar-refractivity contribution < 1.29 is 0 Å². The van der Waals surface area contributed by atoms with Gasteiger partial charge in [-0.05, 0) is 114 Å². The van der Waals surface area contributed by atoms with E-state index in [0.29, 0.717) is 0 Å². The molecular weight excluding hydrogens is 675 g/mol. The fraction of sp³-hybridized carbons (Fsp3) is 0.0182. The predicted molar refractivity (Wildman–Crippen MR) is 234 cm³/mol. The summed E-state index contributed by atoms with van der Waals surface area (Å²) in [7, 11) is 0. The van der Waals surface area contributed by atoms with Crippen LogP contribution in [-0.4, -0.2) is 0 Å². The fourth-order valence-electron chi connectivity index (χ4n) is 9.53. The molecule has 56 heavy (non-hydrogen) atoms. The second-order valence-corrected chi connectivity index (χ2v) is 14.8. The van der Waals surface area contributed by atoms with Crippen molar-refractivity contribution in [2.45, 2.75) is 5.41 Å². The lowest BCUT2D eigenvalue weighted by Gasteiger charge is -2.31. The van der Waals surface area contributed by atoms with E-state index in [-0.39, 0.29) is 5.41 Å². The van der Waals surface area contributed by atoms with Gasteiger partial charge in [-0.1, -0.05) is 188 Å². The molecule has 0 heterocycles. The number of hydrogen-bond acceptors (Lipinski definition) is 1. The van der Waals surface area contributed by atoms with Crippen molar-refractivity contribution >= 4 is 17.1 Å². The third kappa shape index (κ3) is 4.88. The summed E-state index contributed by atoms with van der Waals surface area (Å²) < 4.78 is 0. The highest BCUT2D eigenvalue weighted by Crippen LogP contribution is 2.63. The summed E-state index contributed by atoms with van der Waals surface area (Å²) >= 11 is 0. The van der Waals surface area contributed by atoms with Crippen molar-refractivity contribution in [1.29, 1.82) is 0 Å². The third-order valence-corrected chi connectivity index (χ3v) is 11.9. The molecule has 0 aromatic heterocycles. The first-order valence-corrected chi connectivity index (χ1v) is 19.4. The topological polar surface area (TPSA) is 3.24 Å². The number of hydrogen-bond donors (Lipinski definition) is 0. The van der Waals surface area contributed by atoms with Gasteiger partial charge in [0.2, 0.25) is 0 Å². The number of benzene rings is 9. The molecular formula is C55H37N. The van der Waals surface area contributed by atoms with Crippen LogP contribution in [0.5, 0.6) is 0 Å². The van der Waals surface area contributed by atoms with Crippen LogP contribution < -0.4 is 4.90 Å². The van der Waals surface area contributed by atoms with Crippen LogP contribution in [0.2, 0.25) is 0 Å². The van der Waals surface area contributed by atoms with Crippen molar-refractivity contribution in [3.05, 3.63) is 247 Å². The molecule has 0 aliphatic heterocycles. The van der Waals surface area contributed by atoms with Gasteiger partial charge in [-0.25, -0.2) is 0 Å². The van der Waals surface area contributed by atoms with Gasteiger partial charge in [0.05, 0.1) is 5.41 Å². The van der Waals surface area contributed by atoms with Crippen LogP contribution in [0, 0.1) is 0 Å². The number of nitrogens with zero attached hydrogens (tertiary/aromatic N) is 1. The van der Waals surface area contributed by atoms with E-state index in [9.17, 15) is 0 Å². The van der Waals surface area contributed by atoms with E-state index >= 15 is 0 Å². The Balaban J connectivity index is 1.16. The van der Waals surface area contributed by atoms with Crippen LogP contribution in [0.25, 0.3) is 55.6 Å². The Bertz CT molecular complexity index is 2860. The Kier molecular flexibility index (Phi) is 7.47. The summed E-state index contributed by atoms with van der Waals surface area (Å²) in [6.07, 6.45) is 0. The fourth-order valence-corrected chi connectivity index (χ4v) is 9.53. The number of anilines is 3. The average molecular weight is 712 g/mol. The van der Waals surface area contributed by atoms with Gasteiger partial charge in [0.15, 0.2) is 0 Å². The molecule has 0 saturated carbocycles. The lowest BCUT2D eigenvalue weighted by molar-refractivity contribution is 0.794. The quantitative estimate of drug-likeness (QED) is 0.166. The maximum Gasteiger partial charge on any atom is 0.0725 e. The van der Waals surface area contributed by atoms with Crippen LogP contribution >= 0.6 is 0 Å². The van der Waals surface area contributed by atoms with E-state index in [1.54, 1.807) is 0 Å². The van der Waals surface area contributed by atoms with Crippen molar-refractivity contribution in [3.63, 3.8) is 0 Å². The van der Waals surface area contributed by atoms with Gasteiger partial charge in [-0.3, -0.25) is 0 Å². The highest BCUT2D eigenvalue weighted by atomic mass is 15.1. The van der Waals surface area contributed by atoms with E-state index in [2.05, 4.69) is 229 Å². The molecule has 0 saturated heterocycles. The highest BCUT2D eigenvalue weighted by Gasteiger charge is 2.51. The molecule has 262 valence electrons. The standard InChI is InChI=1S/C55H37N/c1-4-17-38(18-5-1)41-23-16-24-42(35-41)56(43-31-33-45(39-19-6-2-7-20-39)49(36-43)40-21-8-3-9-22-40)44-32-34-54-50(37-44)48-27-12-15-30-53(48)55(54)51-28-13-10-25-46(51)47-26-11-14-29-52(47)55/h1-37H. The highest BCUT2D eigenvalue weighted by molar-refractivity contribution is 5.97. The van der Waals surface area contributed by atoms with Gasteiger partial charge >= 0.3 is 0 Å². The Morgan fingerprint density at radius 3 is 1.23 bits per heavy atom. The number of rotatable bonds is 6. The summed E-state index contributed by atoms with van der Waals surface area (Å²) in [5.74, 6) is 0. The molecule has 0 amide bonds. The van der Waals surface area contributed by atoms with Gasteiger partial charge in [0, 0.05) is 17.1 Å². The first kappa shape index (κ1) is 32.2. The van der Waals surface area contributed by atoms with E-state index in [0.717, 1.165) is 17.1 Å². The molecule has 0 fully saturated rings. The lowest BCUT2D eigenvalue weighted by Crippen LogP contribution is -2.25. The molecule has 0 atom stereocenters. The zero-order chi connectivity index (χ0) is 37.1. The minimum absolute atomic E-state index is 0.381. The molecule has 2 aliphatic carbocycles. The predicted octanol–water partition coefficient (Wildman–Crippen LogP) is 14.5. The van der Waals surface area contributed by atoms with Crippen LogP contribution in [0.1, 0.15) is 22.3 Å². The molecule has 9 aromatic rings. The van der Waals surface area contributed by atoms with E-state index in [1.165, 1.54) is 77.9 Å². The molecule has 1 spiro atoms. The maximum absolute atomic E-state index is 2.44. The number of fused-ring (bicyclic) bond motifs is 10. The summed E-state index contributed by atoms with van der Waals surface area (Å²) in [5.41, 5.74) is 20.7. The Morgan fingerprint density at radius 2 is 0.643 bits per heavy atom. The Morgan fingerprint density at radius 1 is 0.232 bits per heavy atom. The van der Waals surface area contributed by atoms with Gasteiger partial charge < -0.3 is 4.90 Å². The smallest absolute Gasteiger partial charge is 0.0725 e. The molecule has 0 radical (unpaired) electrons. The van der Waals surface area contributed by atoms with E-state index in [4.69, 9.17) is 0 Å². The van der Waals surface area contributed by atoms with Gasteiger partial charge in [-0.15, -0.1) is 0 Å². The van der Waals surface area contributed by atoms with Gasteiger partial charge in [0.1, 0.15) is 0 Å². The molecule has 0 unspecified atom stereocenters. The Labute approximate surface area is 328 Å². The van der Waals surface area contributed by atoms with E-state index < -0.39 is 0 Å². The molecule has 11 rings (SSSR count). The SMILES string of the molecule is c1ccc(-c2cccc(N(c3ccc(-c4ccccc4)c(-c4ccccc4)c3)c3ccc4c(c3)-c3ccccc3C43c4ccccc4-c4ccccc43)c2)cc1. The molecule has 2 aliphatic rings.